The molecule has 2 aromatic heterocycles. The Hall–Kier alpha value is -2.18. The van der Waals surface area contributed by atoms with Crippen molar-refractivity contribution in [2.45, 2.75) is 19.9 Å². The Morgan fingerprint density at radius 2 is 2.26 bits per heavy atom. The van der Waals surface area contributed by atoms with Crippen molar-refractivity contribution in [3.05, 3.63) is 46.2 Å². The molecule has 4 rings (SSSR count). The van der Waals surface area contributed by atoms with E-state index in [1.807, 2.05) is 25.1 Å². The van der Waals surface area contributed by atoms with Crippen LogP contribution < -0.4 is 5.32 Å². The number of thiazole rings is 1. The molecular weight excluding hydrogens is 310 g/mol. The predicted octanol–water partition coefficient (Wildman–Crippen LogP) is 3.44. The van der Waals surface area contributed by atoms with Crippen LogP contribution in [-0.4, -0.2) is 29.4 Å². The molecule has 23 heavy (non-hydrogen) atoms. The molecule has 0 saturated heterocycles. The minimum absolute atomic E-state index is 0.252. The zero-order valence-corrected chi connectivity index (χ0v) is 13.9. The van der Waals surface area contributed by atoms with Crippen molar-refractivity contribution in [1.29, 1.82) is 0 Å². The average molecular weight is 327 g/mol. The molecule has 0 aliphatic carbocycles. The molecule has 1 amide bonds. The number of rotatable bonds is 2. The van der Waals surface area contributed by atoms with Gasteiger partial charge in [-0.25, -0.2) is 4.98 Å². The van der Waals surface area contributed by atoms with Gasteiger partial charge in [-0.05, 0) is 31.7 Å². The van der Waals surface area contributed by atoms with Gasteiger partial charge in [-0.3, -0.25) is 10.1 Å². The summed E-state index contributed by atoms with van der Waals surface area (Å²) in [6, 6.07) is 7.67. The zero-order valence-electron chi connectivity index (χ0n) is 13.0. The molecule has 0 fully saturated rings. The second-order valence-electron chi connectivity index (χ2n) is 5.98. The molecule has 0 spiro atoms. The second-order valence-corrected chi connectivity index (χ2v) is 7.07. The van der Waals surface area contributed by atoms with E-state index in [2.05, 4.69) is 22.2 Å². The van der Waals surface area contributed by atoms with E-state index < -0.39 is 0 Å². The normalized spacial score (nSPS) is 14.9. The number of hydrogen-bond acceptors (Lipinski definition) is 5. The summed E-state index contributed by atoms with van der Waals surface area (Å²) in [6.45, 7) is 3.90. The summed E-state index contributed by atoms with van der Waals surface area (Å²) in [4.78, 5) is 20.4. The van der Waals surface area contributed by atoms with E-state index in [4.69, 9.17) is 4.42 Å². The zero-order chi connectivity index (χ0) is 16.0. The summed E-state index contributed by atoms with van der Waals surface area (Å²) in [6.07, 6.45) is 0.933. The summed E-state index contributed by atoms with van der Waals surface area (Å²) in [7, 11) is 2.09. The van der Waals surface area contributed by atoms with Crippen LogP contribution in [0.15, 0.2) is 28.7 Å². The lowest BCUT2D eigenvalue weighted by molar-refractivity contribution is 0.0998. The van der Waals surface area contributed by atoms with Crippen LogP contribution >= 0.6 is 11.3 Å². The van der Waals surface area contributed by atoms with Crippen molar-refractivity contribution in [2.75, 3.05) is 18.9 Å². The fourth-order valence-electron chi connectivity index (χ4n) is 2.79. The van der Waals surface area contributed by atoms with Crippen LogP contribution in [0.3, 0.4) is 0 Å². The van der Waals surface area contributed by atoms with Gasteiger partial charge in [0.2, 0.25) is 0 Å². The molecule has 3 aromatic rings. The second kappa shape index (κ2) is 5.47. The fraction of sp³-hybridized carbons (Fsp3) is 0.294. The number of aromatic nitrogens is 1. The van der Waals surface area contributed by atoms with Gasteiger partial charge < -0.3 is 9.32 Å². The molecule has 6 heteroatoms. The number of benzene rings is 1. The molecule has 5 nitrogen and oxygen atoms in total. The van der Waals surface area contributed by atoms with Gasteiger partial charge in [0.1, 0.15) is 5.58 Å². The highest BCUT2D eigenvalue weighted by atomic mass is 32.1. The number of aryl methyl sites for hydroxylation is 1. The number of nitrogens with zero attached hydrogens (tertiary/aromatic N) is 2. The lowest BCUT2D eigenvalue weighted by Crippen LogP contribution is -2.25. The molecular formula is C17H17N3O2S. The molecule has 118 valence electrons. The topological polar surface area (TPSA) is 58.4 Å². The maximum atomic E-state index is 12.4. The smallest absolute Gasteiger partial charge is 0.293 e. The quantitative estimate of drug-likeness (QED) is 0.783. The Morgan fingerprint density at radius 1 is 1.39 bits per heavy atom. The maximum Gasteiger partial charge on any atom is 0.293 e. The average Bonchev–Trinajstić information content (AvgIpc) is 3.09. The highest BCUT2D eigenvalue weighted by molar-refractivity contribution is 7.15. The van der Waals surface area contributed by atoms with Gasteiger partial charge in [-0.15, -0.1) is 11.3 Å². The monoisotopic (exact) mass is 327 g/mol. The van der Waals surface area contributed by atoms with E-state index in [0.717, 1.165) is 41.7 Å². The Labute approximate surface area is 137 Å². The Kier molecular flexibility index (Phi) is 3.43. The van der Waals surface area contributed by atoms with Gasteiger partial charge in [0, 0.05) is 29.8 Å². The minimum atomic E-state index is -0.252. The van der Waals surface area contributed by atoms with E-state index in [1.165, 1.54) is 4.88 Å². The number of hydrogen-bond donors (Lipinski definition) is 1. The first-order valence-electron chi connectivity index (χ1n) is 7.57. The van der Waals surface area contributed by atoms with Crippen molar-refractivity contribution >= 4 is 33.3 Å². The molecule has 0 unspecified atom stereocenters. The Balaban J connectivity index is 1.57. The van der Waals surface area contributed by atoms with Crippen molar-refractivity contribution in [1.82, 2.24) is 9.88 Å². The molecule has 0 radical (unpaired) electrons. The van der Waals surface area contributed by atoms with Crippen LogP contribution in [0.4, 0.5) is 5.13 Å². The van der Waals surface area contributed by atoms with Crippen LogP contribution in [0.25, 0.3) is 11.0 Å². The van der Waals surface area contributed by atoms with Crippen LogP contribution in [0.1, 0.15) is 26.7 Å². The van der Waals surface area contributed by atoms with Gasteiger partial charge in [0.25, 0.3) is 5.91 Å². The molecule has 1 N–H and O–H groups in total. The molecule has 1 aliphatic rings. The third-order valence-corrected chi connectivity index (χ3v) is 5.04. The molecule has 3 heterocycles. The fourth-order valence-corrected chi connectivity index (χ4v) is 3.87. The highest BCUT2D eigenvalue weighted by Crippen LogP contribution is 2.28. The van der Waals surface area contributed by atoms with Gasteiger partial charge >= 0.3 is 0 Å². The van der Waals surface area contributed by atoms with E-state index in [1.54, 1.807) is 17.4 Å². The van der Waals surface area contributed by atoms with Crippen LogP contribution in [-0.2, 0) is 13.0 Å². The number of nitrogens with one attached hydrogen (secondary N) is 1. The first-order valence-corrected chi connectivity index (χ1v) is 8.39. The third kappa shape index (κ3) is 2.75. The number of carbonyl (C=O) groups is 1. The molecule has 1 aromatic carbocycles. The largest absolute Gasteiger partial charge is 0.451 e. The van der Waals surface area contributed by atoms with Crippen molar-refractivity contribution in [2.24, 2.45) is 0 Å². The predicted molar refractivity (Wildman–Crippen MR) is 91.1 cm³/mol. The molecule has 0 atom stereocenters. The molecule has 0 saturated carbocycles. The summed E-state index contributed by atoms with van der Waals surface area (Å²) in [5, 5.41) is 4.44. The van der Waals surface area contributed by atoms with Gasteiger partial charge in [-0.1, -0.05) is 12.1 Å². The van der Waals surface area contributed by atoms with E-state index >= 15 is 0 Å². The number of anilines is 1. The van der Waals surface area contributed by atoms with Crippen molar-refractivity contribution < 1.29 is 9.21 Å². The summed E-state index contributed by atoms with van der Waals surface area (Å²) in [5.74, 6) is 0.0641. The SMILES string of the molecule is Cc1ccc2cc(C(=O)Nc3nc4c(s3)CN(C)CC4)oc2c1. The minimum Gasteiger partial charge on any atom is -0.451 e. The first-order chi connectivity index (χ1) is 11.1. The number of furan rings is 1. The van der Waals surface area contributed by atoms with Gasteiger partial charge in [0.05, 0.1) is 5.69 Å². The lowest BCUT2D eigenvalue weighted by atomic mass is 10.2. The number of fused-ring (bicyclic) bond motifs is 2. The first kappa shape index (κ1) is 14.4. The van der Waals surface area contributed by atoms with Crippen LogP contribution in [0.5, 0.6) is 0 Å². The summed E-state index contributed by atoms with van der Waals surface area (Å²) >= 11 is 1.55. The number of amides is 1. The van der Waals surface area contributed by atoms with Crippen LogP contribution in [0, 0.1) is 6.92 Å². The summed E-state index contributed by atoms with van der Waals surface area (Å²) < 4.78 is 5.66. The highest BCUT2D eigenvalue weighted by Gasteiger charge is 2.20. The maximum absolute atomic E-state index is 12.4. The van der Waals surface area contributed by atoms with Gasteiger partial charge in [0.15, 0.2) is 10.9 Å². The van der Waals surface area contributed by atoms with E-state index in [0.29, 0.717) is 10.9 Å². The van der Waals surface area contributed by atoms with Crippen molar-refractivity contribution in [3.8, 4) is 0 Å². The van der Waals surface area contributed by atoms with E-state index in [-0.39, 0.29) is 5.91 Å². The third-order valence-electron chi connectivity index (χ3n) is 4.04. The van der Waals surface area contributed by atoms with Gasteiger partial charge in [-0.2, -0.15) is 0 Å². The molecule has 0 bridgehead atoms. The van der Waals surface area contributed by atoms with Crippen LogP contribution in [0.2, 0.25) is 0 Å². The Bertz CT molecular complexity index is 897. The molecule has 1 aliphatic heterocycles. The standard InChI is InChI=1S/C17H17N3O2S/c1-10-3-4-11-8-14(22-13(11)7-10)16(21)19-17-18-12-5-6-20(2)9-15(12)23-17/h3-4,7-8H,5-6,9H2,1-2H3,(H,18,19,21). The lowest BCUT2D eigenvalue weighted by Gasteiger charge is -2.20. The van der Waals surface area contributed by atoms with E-state index in [9.17, 15) is 4.79 Å². The van der Waals surface area contributed by atoms with Crippen molar-refractivity contribution in [3.63, 3.8) is 0 Å². The Morgan fingerprint density at radius 3 is 3.13 bits per heavy atom. The number of carbonyl (C=O) groups excluding carboxylic acids is 1. The summed E-state index contributed by atoms with van der Waals surface area (Å²) in [5.41, 5.74) is 2.94. The number of likely N-dealkylation sites (N-methyl/N-ethyl adjacent to an activating group) is 1.